The van der Waals surface area contributed by atoms with Gasteiger partial charge in [-0.3, -0.25) is 4.79 Å². The van der Waals surface area contributed by atoms with Crippen LogP contribution in [0.1, 0.15) is 27.9 Å². The van der Waals surface area contributed by atoms with E-state index in [1.165, 1.54) is 5.56 Å². The van der Waals surface area contributed by atoms with E-state index in [-0.39, 0.29) is 5.91 Å². The van der Waals surface area contributed by atoms with Crippen molar-refractivity contribution < 1.29 is 4.79 Å². The summed E-state index contributed by atoms with van der Waals surface area (Å²) >= 11 is 0. The molecular formula is C28H23N5O. The minimum absolute atomic E-state index is 0.0745. The molecule has 6 nitrogen and oxygen atoms in total. The number of amides is 1. The van der Waals surface area contributed by atoms with E-state index < -0.39 is 0 Å². The second-order valence-electron chi connectivity index (χ2n) is 8.73. The number of fused-ring (bicyclic) bond motifs is 2. The number of hydrogen-bond donors (Lipinski definition) is 1. The Bertz CT molecular complexity index is 1600. The normalized spacial score (nSPS) is 14.1. The van der Waals surface area contributed by atoms with Gasteiger partial charge < -0.3 is 9.88 Å². The van der Waals surface area contributed by atoms with Crippen LogP contribution in [0.25, 0.3) is 28.2 Å². The molecule has 1 aliphatic rings. The SMILES string of the molecule is Cc1ccc(C)c(-n2cc(Cn3cc(C=C4C(=O)Nc5ccccc54)c4ccccc43)nn2)c1. The summed E-state index contributed by atoms with van der Waals surface area (Å²) in [6.07, 6.45) is 6.05. The van der Waals surface area contributed by atoms with Crippen LogP contribution in [0.4, 0.5) is 5.69 Å². The maximum atomic E-state index is 12.7. The first-order valence-corrected chi connectivity index (χ1v) is 11.3. The molecule has 6 rings (SSSR count). The first kappa shape index (κ1) is 20.2. The molecule has 0 atom stereocenters. The van der Waals surface area contributed by atoms with Gasteiger partial charge in [0.05, 0.1) is 18.4 Å². The van der Waals surface area contributed by atoms with Crippen molar-refractivity contribution in [2.75, 3.05) is 5.32 Å². The Morgan fingerprint density at radius 3 is 2.71 bits per heavy atom. The average Bonchev–Trinajstić information content (AvgIpc) is 3.53. The quantitative estimate of drug-likeness (QED) is 0.378. The average molecular weight is 446 g/mol. The number of benzene rings is 3. The highest BCUT2D eigenvalue weighted by Crippen LogP contribution is 2.34. The molecule has 0 saturated carbocycles. The van der Waals surface area contributed by atoms with Crippen LogP contribution in [0.15, 0.2) is 79.1 Å². The molecule has 2 aromatic heterocycles. The van der Waals surface area contributed by atoms with Crippen LogP contribution in [-0.4, -0.2) is 25.5 Å². The lowest BCUT2D eigenvalue weighted by atomic mass is 10.0. The molecule has 3 heterocycles. The lowest BCUT2D eigenvalue weighted by molar-refractivity contribution is -0.110. The van der Waals surface area contributed by atoms with E-state index in [1.807, 2.05) is 53.4 Å². The van der Waals surface area contributed by atoms with Crippen LogP contribution < -0.4 is 5.32 Å². The van der Waals surface area contributed by atoms with Crippen molar-refractivity contribution in [3.8, 4) is 5.69 Å². The lowest BCUT2D eigenvalue weighted by Crippen LogP contribution is -2.03. The number of nitrogens with zero attached hydrogens (tertiary/aromatic N) is 4. The zero-order valence-electron chi connectivity index (χ0n) is 19.0. The molecule has 1 N–H and O–H groups in total. The van der Waals surface area contributed by atoms with Crippen LogP contribution in [0.2, 0.25) is 0 Å². The number of carbonyl (C=O) groups is 1. The molecule has 1 aliphatic heterocycles. The smallest absolute Gasteiger partial charge is 0.256 e. The summed E-state index contributed by atoms with van der Waals surface area (Å²) in [6.45, 7) is 4.73. The van der Waals surface area contributed by atoms with Gasteiger partial charge in [0, 0.05) is 39.5 Å². The lowest BCUT2D eigenvalue weighted by Gasteiger charge is -2.05. The Morgan fingerprint density at radius 2 is 1.79 bits per heavy atom. The van der Waals surface area contributed by atoms with Crippen molar-refractivity contribution in [3.63, 3.8) is 0 Å². The molecule has 6 heteroatoms. The van der Waals surface area contributed by atoms with Gasteiger partial charge in [-0.25, -0.2) is 4.68 Å². The molecule has 5 aromatic rings. The maximum Gasteiger partial charge on any atom is 0.256 e. The monoisotopic (exact) mass is 445 g/mol. The van der Waals surface area contributed by atoms with Crippen LogP contribution in [0, 0.1) is 13.8 Å². The maximum absolute atomic E-state index is 12.7. The number of nitrogens with one attached hydrogen (secondary N) is 1. The fourth-order valence-corrected chi connectivity index (χ4v) is 4.59. The van der Waals surface area contributed by atoms with Crippen molar-refractivity contribution in [1.29, 1.82) is 0 Å². The van der Waals surface area contributed by atoms with Crippen molar-refractivity contribution in [1.82, 2.24) is 19.6 Å². The van der Waals surface area contributed by atoms with E-state index in [2.05, 4.69) is 70.6 Å². The van der Waals surface area contributed by atoms with E-state index >= 15 is 0 Å². The number of anilines is 1. The van der Waals surface area contributed by atoms with Crippen molar-refractivity contribution in [2.24, 2.45) is 0 Å². The number of aromatic nitrogens is 4. The van der Waals surface area contributed by atoms with Gasteiger partial charge in [-0.15, -0.1) is 5.10 Å². The summed E-state index contributed by atoms with van der Waals surface area (Å²) in [5, 5.41) is 12.9. The third-order valence-electron chi connectivity index (χ3n) is 6.31. The molecule has 0 bridgehead atoms. The van der Waals surface area contributed by atoms with Crippen LogP contribution in [0.5, 0.6) is 0 Å². The van der Waals surface area contributed by atoms with Gasteiger partial charge in [0.15, 0.2) is 0 Å². The Morgan fingerprint density at radius 1 is 0.971 bits per heavy atom. The van der Waals surface area contributed by atoms with E-state index in [4.69, 9.17) is 0 Å². The molecular weight excluding hydrogens is 422 g/mol. The predicted molar refractivity (Wildman–Crippen MR) is 135 cm³/mol. The predicted octanol–water partition coefficient (Wildman–Crippen LogP) is 5.38. The van der Waals surface area contributed by atoms with Crippen LogP contribution in [0.3, 0.4) is 0 Å². The molecule has 0 radical (unpaired) electrons. The van der Waals surface area contributed by atoms with Crippen LogP contribution in [-0.2, 0) is 11.3 Å². The minimum Gasteiger partial charge on any atom is -0.341 e. The molecule has 0 fully saturated rings. The number of hydrogen-bond acceptors (Lipinski definition) is 3. The first-order valence-electron chi connectivity index (χ1n) is 11.3. The fourth-order valence-electron chi connectivity index (χ4n) is 4.59. The molecule has 0 spiro atoms. The minimum atomic E-state index is -0.0745. The molecule has 0 unspecified atom stereocenters. The summed E-state index contributed by atoms with van der Waals surface area (Å²) in [7, 11) is 0. The Labute approximate surface area is 197 Å². The summed E-state index contributed by atoms with van der Waals surface area (Å²) in [5.41, 5.74) is 8.78. The Hall–Kier alpha value is -4.45. The van der Waals surface area contributed by atoms with Crippen molar-refractivity contribution >= 4 is 34.1 Å². The highest BCUT2D eigenvalue weighted by Gasteiger charge is 2.24. The third kappa shape index (κ3) is 3.40. The zero-order valence-corrected chi connectivity index (χ0v) is 19.0. The summed E-state index contributed by atoms with van der Waals surface area (Å²) in [4.78, 5) is 12.7. The number of aryl methyl sites for hydroxylation is 2. The van der Waals surface area contributed by atoms with Gasteiger partial charge >= 0.3 is 0 Å². The summed E-state index contributed by atoms with van der Waals surface area (Å²) < 4.78 is 4.00. The van der Waals surface area contributed by atoms with Gasteiger partial charge in [0.25, 0.3) is 5.91 Å². The van der Waals surface area contributed by atoms with E-state index in [0.29, 0.717) is 12.1 Å². The van der Waals surface area contributed by atoms with Gasteiger partial charge in [0.1, 0.15) is 5.69 Å². The number of para-hydroxylation sites is 2. The second-order valence-corrected chi connectivity index (χ2v) is 8.73. The van der Waals surface area contributed by atoms with Gasteiger partial charge in [0.2, 0.25) is 0 Å². The van der Waals surface area contributed by atoms with Crippen molar-refractivity contribution in [3.05, 3.63) is 107 Å². The molecule has 1 amide bonds. The fraction of sp³-hybridized carbons (Fsp3) is 0.107. The second kappa shape index (κ2) is 7.85. The standard InChI is InChI=1S/C28H23N5O/c1-18-11-12-19(2)27(13-18)33-17-21(30-31-33)16-32-15-20(22-7-4-6-10-26(22)32)14-24-23-8-3-5-9-25(23)29-28(24)34/h3-15,17H,16H2,1-2H3,(H,29,34). The molecule has 34 heavy (non-hydrogen) atoms. The number of rotatable bonds is 4. The van der Waals surface area contributed by atoms with Crippen molar-refractivity contribution in [2.45, 2.75) is 20.4 Å². The highest BCUT2D eigenvalue weighted by atomic mass is 16.2. The van der Waals surface area contributed by atoms with Gasteiger partial charge in [-0.05, 0) is 49.2 Å². The van der Waals surface area contributed by atoms with Gasteiger partial charge in [-0.1, -0.05) is 53.7 Å². The molecule has 166 valence electrons. The largest absolute Gasteiger partial charge is 0.341 e. The Kier molecular flexibility index (Phi) is 4.66. The highest BCUT2D eigenvalue weighted by molar-refractivity contribution is 6.35. The Balaban J connectivity index is 1.38. The third-order valence-corrected chi connectivity index (χ3v) is 6.31. The molecule has 3 aromatic carbocycles. The summed E-state index contributed by atoms with van der Waals surface area (Å²) in [5.74, 6) is -0.0745. The van der Waals surface area contributed by atoms with Crippen LogP contribution >= 0.6 is 0 Å². The first-order chi connectivity index (χ1) is 16.6. The van der Waals surface area contributed by atoms with Gasteiger partial charge in [-0.2, -0.15) is 0 Å². The molecule has 0 saturated heterocycles. The van der Waals surface area contributed by atoms with E-state index in [9.17, 15) is 4.79 Å². The van der Waals surface area contributed by atoms with E-state index in [0.717, 1.165) is 44.7 Å². The van der Waals surface area contributed by atoms with E-state index in [1.54, 1.807) is 0 Å². The molecule has 0 aliphatic carbocycles. The zero-order chi connectivity index (χ0) is 23.2. The summed E-state index contributed by atoms with van der Waals surface area (Å²) in [6, 6.07) is 22.3. The number of carbonyl (C=O) groups excluding carboxylic acids is 1. The topological polar surface area (TPSA) is 64.7 Å².